The third kappa shape index (κ3) is 1.61. The molecule has 2 heteroatoms. The molecule has 1 aliphatic heterocycles. The van der Waals surface area contributed by atoms with E-state index in [0.29, 0.717) is 5.22 Å². The van der Waals surface area contributed by atoms with Gasteiger partial charge in [0, 0.05) is 16.8 Å². The highest BCUT2D eigenvalue weighted by Gasteiger charge is 2.30. The molecule has 1 atom stereocenters. The summed E-state index contributed by atoms with van der Waals surface area (Å²) in [6.07, 6.45) is 3.95. The molecule has 1 rings (SSSR count). The largest absolute Gasteiger partial charge is 0.379 e. The minimum atomic E-state index is 0.318. The fraction of sp³-hybridized carbons (Fsp3) is 1.00. The van der Waals surface area contributed by atoms with Crippen molar-refractivity contribution in [1.82, 2.24) is 0 Å². The summed E-state index contributed by atoms with van der Waals surface area (Å²) >= 11 is 0. The Hall–Kier alpha value is 0.177. The third-order valence-corrected chi connectivity index (χ3v) is 4.66. The van der Waals surface area contributed by atoms with E-state index in [1.165, 1.54) is 29.5 Å². The first-order valence-corrected chi connectivity index (χ1v) is 5.29. The minimum absolute atomic E-state index is 0.318. The van der Waals surface area contributed by atoms with Crippen molar-refractivity contribution in [3.8, 4) is 0 Å². The topological polar surface area (TPSA) is 9.23 Å². The maximum absolute atomic E-state index is 5.79. The molecule has 0 aromatic carbocycles. The van der Waals surface area contributed by atoms with Crippen LogP contribution in [0.5, 0.6) is 0 Å². The molecule has 0 aromatic rings. The van der Waals surface area contributed by atoms with Crippen molar-refractivity contribution in [3.05, 3.63) is 0 Å². The fourth-order valence-electron chi connectivity index (χ4n) is 1.41. The molecule has 0 saturated carbocycles. The highest BCUT2D eigenvalue weighted by Crippen LogP contribution is 2.28. The first-order valence-electron chi connectivity index (χ1n) is 4.29. The van der Waals surface area contributed by atoms with Crippen LogP contribution in [0.4, 0.5) is 0 Å². The first kappa shape index (κ1) is 8.28. The number of ether oxygens (including phenoxy) is 1. The normalized spacial score (nSPS) is 35.1. The number of hydrogen-bond acceptors (Lipinski definition) is 1. The molecule has 60 valence electrons. The Morgan fingerprint density at radius 1 is 1.40 bits per heavy atom. The predicted molar refractivity (Wildman–Crippen MR) is 47.3 cm³/mol. The quantitative estimate of drug-likeness (QED) is 0.515. The van der Waals surface area contributed by atoms with Gasteiger partial charge in [-0.25, -0.2) is 0 Å². The smallest absolute Gasteiger partial charge is 0.0508 e. The maximum atomic E-state index is 5.79. The van der Waals surface area contributed by atoms with E-state index in [-0.39, 0.29) is 0 Å². The third-order valence-electron chi connectivity index (χ3n) is 2.72. The van der Waals surface area contributed by atoms with Crippen molar-refractivity contribution < 1.29 is 4.74 Å². The Morgan fingerprint density at radius 2 is 2.10 bits per heavy atom. The first-order chi connectivity index (χ1) is 4.65. The van der Waals surface area contributed by atoms with Gasteiger partial charge in [-0.3, -0.25) is 0 Å². The molecule has 0 spiro atoms. The van der Waals surface area contributed by atoms with Gasteiger partial charge in [-0.15, -0.1) is 0 Å². The van der Waals surface area contributed by atoms with Gasteiger partial charge >= 0.3 is 0 Å². The standard InChI is InChI=1S/C8H18OSi/c1-7(2)8(10)5-3-4-6-9-8/h7H,3-6H2,1-2,10H3. The Morgan fingerprint density at radius 3 is 2.40 bits per heavy atom. The van der Waals surface area contributed by atoms with Gasteiger partial charge in [-0.05, 0) is 25.2 Å². The van der Waals surface area contributed by atoms with Crippen molar-refractivity contribution in [2.45, 2.75) is 38.3 Å². The van der Waals surface area contributed by atoms with E-state index in [9.17, 15) is 0 Å². The molecule has 1 unspecified atom stereocenters. The lowest BCUT2D eigenvalue weighted by atomic mass is 9.98. The summed E-state index contributed by atoms with van der Waals surface area (Å²) in [7, 11) is 1.19. The lowest BCUT2D eigenvalue weighted by Gasteiger charge is -2.37. The molecule has 1 nitrogen and oxygen atoms in total. The van der Waals surface area contributed by atoms with Gasteiger partial charge in [0.2, 0.25) is 0 Å². The van der Waals surface area contributed by atoms with E-state index in [0.717, 1.165) is 12.5 Å². The fourth-order valence-corrected chi connectivity index (χ4v) is 1.97. The molecule has 0 aromatic heterocycles. The average Bonchev–Trinajstić information content (AvgIpc) is 1.89. The van der Waals surface area contributed by atoms with Crippen molar-refractivity contribution in [2.75, 3.05) is 6.61 Å². The van der Waals surface area contributed by atoms with Crippen molar-refractivity contribution in [2.24, 2.45) is 5.92 Å². The molecule has 10 heavy (non-hydrogen) atoms. The van der Waals surface area contributed by atoms with E-state index in [2.05, 4.69) is 13.8 Å². The molecule has 0 N–H and O–H groups in total. The predicted octanol–water partition coefficient (Wildman–Crippen LogP) is 0.905. The van der Waals surface area contributed by atoms with Crippen molar-refractivity contribution in [3.63, 3.8) is 0 Å². The molecule has 0 amide bonds. The highest BCUT2D eigenvalue weighted by molar-refractivity contribution is 6.14. The van der Waals surface area contributed by atoms with Crippen LogP contribution in [-0.4, -0.2) is 22.1 Å². The van der Waals surface area contributed by atoms with E-state index >= 15 is 0 Å². The highest BCUT2D eigenvalue weighted by atomic mass is 28.1. The summed E-state index contributed by atoms with van der Waals surface area (Å²) in [6, 6.07) is 0. The van der Waals surface area contributed by atoms with Crippen LogP contribution in [0.3, 0.4) is 0 Å². The Labute approximate surface area is 66.6 Å². The zero-order valence-electron chi connectivity index (χ0n) is 7.31. The van der Waals surface area contributed by atoms with Crippen LogP contribution in [-0.2, 0) is 4.74 Å². The van der Waals surface area contributed by atoms with Gasteiger partial charge in [-0.1, -0.05) is 13.8 Å². The summed E-state index contributed by atoms with van der Waals surface area (Å²) in [5.74, 6) is 0.722. The van der Waals surface area contributed by atoms with E-state index < -0.39 is 0 Å². The molecule has 1 saturated heterocycles. The zero-order chi connectivity index (χ0) is 7.61. The van der Waals surface area contributed by atoms with E-state index in [1.807, 2.05) is 0 Å². The van der Waals surface area contributed by atoms with Gasteiger partial charge in [0.1, 0.15) is 0 Å². The Bertz CT molecular complexity index is 106. The van der Waals surface area contributed by atoms with Crippen LogP contribution in [0.25, 0.3) is 0 Å². The Kier molecular flexibility index (Phi) is 2.53. The second-order valence-corrected chi connectivity index (χ2v) is 5.47. The van der Waals surface area contributed by atoms with Crippen LogP contribution < -0.4 is 0 Å². The molecule has 1 heterocycles. The zero-order valence-corrected chi connectivity index (χ0v) is 9.31. The van der Waals surface area contributed by atoms with E-state index in [1.54, 1.807) is 0 Å². The van der Waals surface area contributed by atoms with Gasteiger partial charge in [-0.2, -0.15) is 0 Å². The van der Waals surface area contributed by atoms with Gasteiger partial charge in [0.15, 0.2) is 0 Å². The Balaban J connectivity index is 2.48. The maximum Gasteiger partial charge on any atom is 0.0508 e. The van der Waals surface area contributed by atoms with Gasteiger partial charge in [0.25, 0.3) is 0 Å². The summed E-state index contributed by atoms with van der Waals surface area (Å²) in [4.78, 5) is 0. The number of hydrogen-bond donors (Lipinski definition) is 0. The average molecular weight is 158 g/mol. The minimum Gasteiger partial charge on any atom is -0.379 e. The lowest BCUT2D eigenvalue weighted by molar-refractivity contribution is -0.0464. The summed E-state index contributed by atoms with van der Waals surface area (Å²) < 4.78 is 5.79. The van der Waals surface area contributed by atoms with Gasteiger partial charge in [0.05, 0.1) is 5.22 Å². The monoisotopic (exact) mass is 158 g/mol. The number of rotatable bonds is 1. The molecule has 1 fully saturated rings. The SMILES string of the molecule is CC(C)C1([SiH3])CCCCO1. The van der Waals surface area contributed by atoms with Crippen LogP contribution >= 0.6 is 0 Å². The van der Waals surface area contributed by atoms with Crippen LogP contribution in [0.1, 0.15) is 33.1 Å². The summed E-state index contributed by atoms with van der Waals surface area (Å²) in [5, 5.41) is 0.318. The van der Waals surface area contributed by atoms with Crippen LogP contribution in [0.2, 0.25) is 0 Å². The van der Waals surface area contributed by atoms with Crippen molar-refractivity contribution in [1.29, 1.82) is 0 Å². The molecule has 0 aliphatic carbocycles. The molecule has 1 aliphatic rings. The second-order valence-electron chi connectivity index (χ2n) is 3.77. The summed E-state index contributed by atoms with van der Waals surface area (Å²) in [6.45, 7) is 5.55. The van der Waals surface area contributed by atoms with E-state index in [4.69, 9.17) is 4.74 Å². The summed E-state index contributed by atoms with van der Waals surface area (Å²) in [5.41, 5.74) is 0. The van der Waals surface area contributed by atoms with Crippen LogP contribution in [0.15, 0.2) is 0 Å². The van der Waals surface area contributed by atoms with Crippen LogP contribution in [0, 0.1) is 5.92 Å². The molecule has 0 radical (unpaired) electrons. The second kappa shape index (κ2) is 3.05. The van der Waals surface area contributed by atoms with Gasteiger partial charge < -0.3 is 4.74 Å². The molecule has 0 bridgehead atoms. The van der Waals surface area contributed by atoms with Crippen molar-refractivity contribution >= 4 is 10.2 Å². The molecular formula is C8H18OSi. The molecular weight excluding hydrogens is 140 g/mol. The lowest BCUT2D eigenvalue weighted by Crippen LogP contribution is -2.41.